The second-order valence-electron chi connectivity index (χ2n) is 4.17. The molecule has 0 bridgehead atoms. The maximum absolute atomic E-state index is 12.7. The lowest BCUT2D eigenvalue weighted by Gasteiger charge is -2.20. The molecule has 0 aliphatic rings. The van der Waals surface area contributed by atoms with Crippen molar-refractivity contribution >= 4 is 5.91 Å². The molecule has 0 aromatic heterocycles. The van der Waals surface area contributed by atoms with Crippen LogP contribution in [-0.4, -0.2) is 28.8 Å². The number of carbonyl (C=O) groups is 1. The number of benzene rings is 1. The van der Waals surface area contributed by atoms with Gasteiger partial charge in [-0.05, 0) is 18.1 Å². The molecular weight excluding hydrogens is 225 g/mol. The Kier molecular flexibility index (Phi) is 4.45. The number of aromatic hydroxyl groups is 1. The number of hydrogen-bond acceptors (Lipinski definition) is 3. The molecule has 0 fully saturated rings. The molecule has 1 atom stereocenters. The Morgan fingerprint density at radius 1 is 1.47 bits per heavy atom. The largest absolute Gasteiger partial charge is 0.507 e. The summed E-state index contributed by atoms with van der Waals surface area (Å²) in [6, 6.07) is 2.78. The Morgan fingerprint density at radius 2 is 2.12 bits per heavy atom. The summed E-state index contributed by atoms with van der Waals surface area (Å²) in [6.45, 7) is 3.52. The van der Waals surface area contributed by atoms with Crippen LogP contribution in [0.1, 0.15) is 24.2 Å². The number of halogens is 1. The monoisotopic (exact) mass is 241 g/mol. The van der Waals surface area contributed by atoms with Crippen LogP contribution in [0.15, 0.2) is 18.2 Å². The average molecular weight is 241 g/mol. The fraction of sp³-hybridized carbons (Fsp3) is 0.417. The highest BCUT2D eigenvalue weighted by atomic mass is 19.1. The van der Waals surface area contributed by atoms with Crippen LogP contribution in [0.4, 0.5) is 4.39 Å². The molecule has 0 heterocycles. The van der Waals surface area contributed by atoms with Gasteiger partial charge in [-0.2, -0.15) is 0 Å². The molecule has 5 heteroatoms. The number of phenols is 1. The molecule has 1 unspecified atom stereocenters. The van der Waals surface area contributed by atoms with Gasteiger partial charge in [-0.25, -0.2) is 4.39 Å². The van der Waals surface area contributed by atoms with E-state index >= 15 is 0 Å². The minimum atomic E-state index is -0.610. The van der Waals surface area contributed by atoms with Crippen molar-refractivity contribution in [1.29, 1.82) is 0 Å². The topological polar surface area (TPSA) is 69.6 Å². The van der Waals surface area contributed by atoms with Gasteiger partial charge in [-0.3, -0.25) is 4.79 Å². The molecule has 0 saturated carbocycles. The Morgan fingerprint density at radius 3 is 2.59 bits per heavy atom. The predicted molar refractivity (Wildman–Crippen MR) is 61.2 cm³/mol. The van der Waals surface area contributed by atoms with E-state index in [4.69, 9.17) is 5.11 Å². The molecule has 4 nitrogen and oxygen atoms in total. The zero-order chi connectivity index (χ0) is 13.0. The van der Waals surface area contributed by atoms with Crippen molar-refractivity contribution in [1.82, 2.24) is 5.32 Å². The van der Waals surface area contributed by atoms with Crippen LogP contribution in [0.3, 0.4) is 0 Å². The van der Waals surface area contributed by atoms with Gasteiger partial charge in [0.25, 0.3) is 5.91 Å². The molecule has 94 valence electrons. The van der Waals surface area contributed by atoms with Crippen molar-refractivity contribution in [3.8, 4) is 5.75 Å². The number of aliphatic hydroxyl groups excluding tert-OH is 1. The first-order valence-corrected chi connectivity index (χ1v) is 5.36. The standard InChI is InChI=1S/C12H16FNO3/c1-7(2)10(6-15)14-12(17)9-4-3-8(13)5-11(9)16/h3-5,7,10,15-16H,6H2,1-2H3,(H,14,17). The predicted octanol–water partition coefficient (Wildman–Crippen LogP) is 1.28. The van der Waals surface area contributed by atoms with Crippen LogP contribution in [0, 0.1) is 11.7 Å². The van der Waals surface area contributed by atoms with Gasteiger partial charge in [-0.15, -0.1) is 0 Å². The summed E-state index contributed by atoms with van der Waals surface area (Å²) >= 11 is 0. The van der Waals surface area contributed by atoms with Gasteiger partial charge >= 0.3 is 0 Å². The maximum atomic E-state index is 12.7. The summed E-state index contributed by atoms with van der Waals surface area (Å²) in [4.78, 5) is 11.7. The van der Waals surface area contributed by atoms with Crippen LogP contribution in [0.5, 0.6) is 5.75 Å². The van der Waals surface area contributed by atoms with Crippen molar-refractivity contribution in [3.63, 3.8) is 0 Å². The minimum Gasteiger partial charge on any atom is -0.507 e. The van der Waals surface area contributed by atoms with E-state index in [1.165, 1.54) is 6.07 Å². The van der Waals surface area contributed by atoms with Crippen LogP contribution >= 0.6 is 0 Å². The minimum absolute atomic E-state index is 0.00880. The normalized spacial score (nSPS) is 12.5. The third-order valence-corrected chi connectivity index (χ3v) is 2.52. The van der Waals surface area contributed by atoms with E-state index in [1.807, 2.05) is 13.8 Å². The van der Waals surface area contributed by atoms with E-state index in [1.54, 1.807) is 0 Å². The Balaban J connectivity index is 2.82. The number of carbonyl (C=O) groups excluding carboxylic acids is 1. The zero-order valence-corrected chi connectivity index (χ0v) is 9.77. The lowest BCUT2D eigenvalue weighted by Crippen LogP contribution is -2.41. The third kappa shape index (κ3) is 3.42. The van der Waals surface area contributed by atoms with Gasteiger partial charge in [-0.1, -0.05) is 13.8 Å². The van der Waals surface area contributed by atoms with Gasteiger partial charge < -0.3 is 15.5 Å². The van der Waals surface area contributed by atoms with Crippen LogP contribution in [0.2, 0.25) is 0 Å². The Labute approximate surface area is 99.1 Å². The Hall–Kier alpha value is -1.62. The highest BCUT2D eigenvalue weighted by Crippen LogP contribution is 2.18. The molecule has 3 N–H and O–H groups in total. The van der Waals surface area contributed by atoms with E-state index in [-0.39, 0.29) is 18.1 Å². The fourth-order valence-corrected chi connectivity index (χ4v) is 1.37. The van der Waals surface area contributed by atoms with Gasteiger partial charge in [0, 0.05) is 6.07 Å². The summed E-state index contributed by atoms with van der Waals surface area (Å²) in [5.74, 6) is -1.49. The van der Waals surface area contributed by atoms with Crippen LogP contribution < -0.4 is 5.32 Å². The quantitative estimate of drug-likeness (QED) is 0.743. The number of aliphatic hydroxyl groups is 1. The first kappa shape index (κ1) is 13.4. The summed E-state index contributed by atoms with van der Waals surface area (Å²) in [5, 5.41) is 21.1. The molecule has 0 aliphatic heterocycles. The van der Waals surface area contributed by atoms with E-state index in [9.17, 15) is 14.3 Å². The molecule has 0 spiro atoms. The number of nitrogens with one attached hydrogen (secondary N) is 1. The molecular formula is C12H16FNO3. The molecule has 0 saturated heterocycles. The summed E-state index contributed by atoms with van der Waals surface area (Å²) in [5.41, 5.74) is -0.00880. The van der Waals surface area contributed by atoms with Crippen molar-refractivity contribution in [2.75, 3.05) is 6.61 Å². The second kappa shape index (κ2) is 5.63. The highest BCUT2D eigenvalue weighted by molar-refractivity contribution is 5.96. The molecule has 1 aromatic carbocycles. The summed E-state index contributed by atoms with van der Waals surface area (Å²) in [7, 11) is 0. The Bertz CT molecular complexity index is 407. The van der Waals surface area contributed by atoms with E-state index in [2.05, 4.69) is 5.32 Å². The van der Waals surface area contributed by atoms with Gasteiger partial charge in [0.15, 0.2) is 0 Å². The molecule has 17 heavy (non-hydrogen) atoms. The van der Waals surface area contributed by atoms with Crippen molar-refractivity contribution in [2.45, 2.75) is 19.9 Å². The number of hydrogen-bond donors (Lipinski definition) is 3. The second-order valence-corrected chi connectivity index (χ2v) is 4.17. The van der Waals surface area contributed by atoms with E-state index < -0.39 is 23.5 Å². The van der Waals surface area contributed by atoms with Crippen LogP contribution in [-0.2, 0) is 0 Å². The number of amides is 1. The molecule has 0 aliphatic carbocycles. The maximum Gasteiger partial charge on any atom is 0.255 e. The third-order valence-electron chi connectivity index (χ3n) is 2.52. The van der Waals surface area contributed by atoms with E-state index in [0.717, 1.165) is 12.1 Å². The van der Waals surface area contributed by atoms with Gasteiger partial charge in [0.05, 0.1) is 18.2 Å². The van der Waals surface area contributed by atoms with Crippen molar-refractivity contribution in [2.24, 2.45) is 5.92 Å². The molecule has 1 rings (SSSR count). The first-order valence-electron chi connectivity index (χ1n) is 5.36. The lowest BCUT2D eigenvalue weighted by atomic mass is 10.0. The first-order chi connectivity index (χ1) is 7.95. The zero-order valence-electron chi connectivity index (χ0n) is 9.77. The highest BCUT2D eigenvalue weighted by Gasteiger charge is 2.18. The van der Waals surface area contributed by atoms with Gasteiger partial charge in [0.2, 0.25) is 0 Å². The average Bonchev–Trinajstić information content (AvgIpc) is 2.24. The lowest BCUT2D eigenvalue weighted by molar-refractivity contribution is 0.0894. The van der Waals surface area contributed by atoms with Gasteiger partial charge in [0.1, 0.15) is 11.6 Å². The molecule has 0 radical (unpaired) electrons. The fourth-order valence-electron chi connectivity index (χ4n) is 1.37. The molecule has 1 amide bonds. The summed E-state index contributed by atoms with van der Waals surface area (Å²) in [6.07, 6.45) is 0. The number of rotatable bonds is 4. The number of phenolic OH excluding ortho intramolecular Hbond substituents is 1. The van der Waals surface area contributed by atoms with Crippen molar-refractivity contribution in [3.05, 3.63) is 29.6 Å². The van der Waals surface area contributed by atoms with E-state index in [0.29, 0.717) is 0 Å². The smallest absolute Gasteiger partial charge is 0.255 e. The SMILES string of the molecule is CC(C)C(CO)NC(=O)c1ccc(F)cc1O. The van der Waals surface area contributed by atoms with Crippen molar-refractivity contribution < 1.29 is 19.4 Å². The summed E-state index contributed by atoms with van der Waals surface area (Å²) < 4.78 is 12.7. The van der Waals surface area contributed by atoms with Crippen LogP contribution in [0.25, 0.3) is 0 Å². The molecule has 1 aromatic rings.